The molecule has 0 spiro atoms. The Kier molecular flexibility index (Phi) is 5.82. The molecular formula is C12H21N3O. The number of aromatic nitrogens is 1. The number of unbranched alkanes of at least 4 members (excludes halogenated alkanes) is 2. The van der Waals surface area contributed by atoms with Crippen LogP contribution in [0.1, 0.15) is 44.2 Å². The Hall–Kier alpha value is -1.13. The summed E-state index contributed by atoms with van der Waals surface area (Å²) < 4.78 is 5.28. The molecule has 0 fully saturated rings. The minimum Gasteiger partial charge on any atom is -0.495 e. The molecule has 1 heterocycles. The molecule has 0 aromatic carbocycles. The number of nitrogens with zero attached hydrogens (tertiary/aromatic N) is 1. The molecule has 1 rings (SSSR count). The van der Waals surface area contributed by atoms with Gasteiger partial charge in [0.25, 0.3) is 0 Å². The number of pyridine rings is 1. The number of nitrogens with one attached hydrogen (secondary N) is 1. The lowest BCUT2D eigenvalue weighted by Gasteiger charge is -2.18. The molecule has 3 N–H and O–H groups in total. The SMILES string of the molecule is CCCCCC(NN)c1ccncc1OC. The summed E-state index contributed by atoms with van der Waals surface area (Å²) in [6.07, 6.45) is 8.11. The third-order valence-corrected chi connectivity index (χ3v) is 2.71. The first kappa shape index (κ1) is 12.9. The fourth-order valence-corrected chi connectivity index (χ4v) is 1.78. The molecule has 0 saturated heterocycles. The molecule has 0 bridgehead atoms. The van der Waals surface area contributed by atoms with Crippen LogP contribution in [-0.2, 0) is 0 Å². The third-order valence-electron chi connectivity index (χ3n) is 2.71. The summed E-state index contributed by atoms with van der Waals surface area (Å²) in [5.74, 6) is 6.38. The van der Waals surface area contributed by atoms with Crippen molar-refractivity contribution in [2.75, 3.05) is 7.11 Å². The van der Waals surface area contributed by atoms with E-state index in [2.05, 4.69) is 17.3 Å². The normalized spacial score (nSPS) is 12.4. The first-order valence-corrected chi connectivity index (χ1v) is 5.77. The second-order valence-electron chi connectivity index (χ2n) is 3.83. The van der Waals surface area contributed by atoms with E-state index < -0.39 is 0 Å². The van der Waals surface area contributed by atoms with Crippen LogP contribution in [0.5, 0.6) is 5.75 Å². The molecule has 4 nitrogen and oxygen atoms in total. The van der Waals surface area contributed by atoms with Gasteiger partial charge in [-0.15, -0.1) is 0 Å². The topological polar surface area (TPSA) is 60.2 Å². The van der Waals surface area contributed by atoms with E-state index in [1.54, 1.807) is 19.5 Å². The zero-order valence-corrected chi connectivity index (χ0v) is 10.1. The average molecular weight is 223 g/mol. The van der Waals surface area contributed by atoms with E-state index in [4.69, 9.17) is 10.6 Å². The summed E-state index contributed by atoms with van der Waals surface area (Å²) in [5, 5.41) is 0. The van der Waals surface area contributed by atoms with Gasteiger partial charge in [-0.1, -0.05) is 26.2 Å². The Bertz CT molecular complexity index is 304. The van der Waals surface area contributed by atoms with E-state index in [0.29, 0.717) is 0 Å². The van der Waals surface area contributed by atoms with Crippen molar-refractivity contribution in [3.63, 3.8) is 0 Å². The van der Waals surface area contributed by atoms with Crippen LogP contribution in [0, 0.1) is 0 Å². The number of methoxy groups -OCH3 is 1. The lowest BCUT2D eigenvalue weighted by Crippen LogP contribution is -2.28. The Balaban J connectivity index is 2.69. The van der Waals surface area contributed by atoms with E-state index >= 15 is 0 Å². The van der Waals surface area contributed by atoms with Gasteiger partial charge in [-0.3, -0.25) is 16.3 Å². The van der Waals surface area contributed by atoms with E-state index in [1.165, 1.54) is 12.8 Å². The van der Waals surface area contributed by atoms with Crippen LogP contribution in [0.2, 0.25) is 0 Å². The van der Waals surface area contributed by atoms with Gasteiger partial charge in [0.2, 0.25) is 0 Å². The van der Waals surface area contributed by atoms with Gasteiger partial charge < -0.3 is 4.74 Å². The van der Waals surface area contributed by atoms with Crippen LogP contribution in [-0.4, -0.2) is 12.1 Å². The Labute approximate surface area is 97.2 Å². The van der Waals surface area contributed by atoms with E-state index in [9.17, 15) is 0 Å². The lowest BCUT2D eigenvalue weighted by molar-refractivity contribution is 0.391. The fourth-order valence-electron chi connectivity index (χ4n) is 1.78. The first-order valence-electron chi connectivity index (χ1n) is 5.77. The second kappa shape index (κ2) is 7.19. The predicted octanol–water partition coefficient (Wildman–Crippen LogP) is 2.17. The summed E-state index contributed by atoms with van der Waals surface area (Å²) in [4.78, 5) is 4.04. The van der Waals surface area contributed by atoms with Crippen molar-refractivity contribution >= 4 is 0 Å². The van der Waals surface area contributed by atoms with E-state index in [-0.39, 0.29) is 6.04 Å². The van der Waals surface area contributed by atoms with Crippen molar-refractivity contribution in [3.05, 3.63) is 24.0 Å². The number of nitrogens with two attached hydrogens (primary N) is 1. The highest BCUT2D eigenvalue weighted by Gasteiger charge is 2.13. The van der Waals surface area contributed by atoms with Crippen molar-refractivity contribution in [1.29, 1.82) is 0 Å². The van der Waals surface area contributed by atoms with Crippen LogP contribution in [0.3, 0.4) is 0 Å². The van der Waals surface area contributed by atoms with E-state index in [1.807, 2.05) is 6.07 Å². The molecule has 90 valence electrons. The van der Waals surface area contributed by atoms with Crippen molar-refractivity contribution in [1.82, 2.24) is 10.4 Å². The molecular weight excluding hydrogens is 202 g/mol. The molecule has 1 aromatic heterocycles. The van der Waals surface area contributed by atoms with Gasteiger partial charge in [-0.2, -0.15) is 0 Å². The molecule has 1 aromatic rings. The molecule has 0 amide bonds. The average Bonchev–Trinajstić information content (AvgIpc) is 2.35. The van der Waals surface area contributed by atoms with Crippen molar-refractivity contribution in [2.45, 2.75) is 38.6 Å². The first-order chi connectivity index (χ1) is 7.83. The monoisotopic (exact) mass is 223 g/mol. The highest BCUT2D eigenvalue weighted by atomic mass is 16.5. The van der Waals surface area contributed by atoms with Gasteiger partial charge >= 0.3 is 0 Å². The molecule has 0 radical (unpaired) electrons. The van der Waals surface area contributed by atoms with Crippen LogP contribution in [0.15, 0.2) is 18.5 Å². The summed E-state index contributed by atoms with van der Waals surface area (Å²) in [7, 11) is 1.65. The summed E-state index contributed by atoms with van der Waals surface area (Å²) in [5.41, 5.74) is 3.92. The fraction of sp³-hybridized carbons (Fsp3) is 0.583. The molecule has 0 aliphatic rings. The lowest BCUT2D eigenvalue weighted by atomic mass is 10.0. The van der Waals surface area contributed by atoms with Gasteiger partial charge in [0.15, 0.2) is 0 Å². The van der Waals surface area contributed by atoms with Crippen LogP contribution < -0.4 is 16.0 Å². The van der Waals surface area contributed by atoms with Crippen molar-refractivity contribution < 1.29 is 4.74 Å². The summed E-state index contributed by atoms with van der Waals surface area (Å²) in [6, 6.07) is 2.10. The number of hydrogen-bond acceptors (Lipinski definition) is 4. The zero-order valence-electron chi connectivity index (χ0n) is 10.1. The van der Waals surface area contributed by atoms with Crippen LogP contribution in [0.25, 0.3) is 0 Å². The Morgan fingerprint density at radius 3 is 2.94 bits per heavy atom. The maximum atomic E-state index is 5.58. The van der Waals surface area contributed by atoms with Crippen LogP contribution >= 0.6 is 0 Å². The third kappa shape index (κ3) is 3.47. The molecule has 4 heteroatoms. The second-order valence-corrected chi connectivity index (χ2v) is 3.83. The number of hydrazine groups is 1. The number of rotatable bonds is 7. The maximum absolute atomic E-state index is 5.58. The predicted molar refractivity (Wildman–Crippen MR) is 65.0 cm³/mol. The molecule has 1 atom stereocenters. The largest absolute Gasteiger partial charge is 0.495 e. The smallest absolute Gasteiger partial charge is 0.141 e. The Morgan fingerprint density at radius 1 is 1.50 bits per heavy atom. The van der Waals surface area contributed by atoms with E-state index in [0.717, 1.165) is 24.2 Å². The zero-order chi connectivity index (χ0) is 11.8. The summed E-state index contributed by atoms with van der Waals surface area (Å²) in [6.45, 7) is 2.19. The highest BCUT2D eigenvalue weighted by molar-refractivity contribution is 5.32. The molecule has 1 unspecified atom stereocenters. The summed E-state index contributed by atoms with van der Waals surface area (Å²) >= 11 is 0. The van der Waals surface area contributed by atoms with Gasteiger partial charge in [-0.05, 0) is 12.5 Å². The Morgan fingerprint density at radius 2 is 2.31 bits per heavy atom. The van der Waals surface area contributed by atoms with Gasteiger partial charge in [-0.25, -0.2) is 0 Å². The van der Waals surface area contributed by atoms with Crippen molar-refractivity contribution in [2.24, 2.45) is 5.84 Å². The van der Waals surface area contributed by atoms with Crippen molar-refractivity contribution in [3.8, 4) is 5.75 Å². The highest BCUT2D eigenvalue weighted by Crippen LogP contribution is 2.26. The van der Waals surface area contributed by atoms with Gasteiger partial charge in [0.05, 0.1) is 13.3 Å². The minimum atomic E-state index is 0.143. The quantitative estimate of drug-likeness (QED) is 0.422. The van der Waals surface area contributed by atoms with Crippen LogP contribution in [0.4, 0.5) is 0 Å². The van der Waals surface area contributed by atoms with Gasteiger partial charge in [0.1, 0.15) is 5.75 Å². The minimum absolute atomic E-state index is 0.143. The molecule has 16 heavy (non-hydrogen) atoms. The molecule has 0 aliphatic carbocycles. The number of hydrogen-bond donors (Lipinski definition) is 2. The standard InChI is InChI=1S/C12H21N3O/c1-3-4-5-6-11(15-13)10-7-8-14-9-12(10)16-2/h7-9,11,15H,3-6,13H2,1-2H3. The van der Waals surface area contributed by atoms with Gasteiger partial charge in [0, 0.05) is 17.8 Å². The maximum Gasteiger partial charge on any atom is 0.141 e. The molecule has 0 saturated carbocycles. The number of ether oxygens (including phenoxy) is 1. The molecule has 0 aliphatic heterocycles.